The lowest BCUT2D eigenvalue weighted by Gasteiger charge is -2.10. The molecule has 5 aromatic rings. The van der Waals surface area contributed by atoms with Gasteiger partial charge in [-0.05, 0) is 48.9 Å². The van der Waals surface area contributed by atoms with Gasteiger partial charge in [-0.25, -0.2) is 0 Å². The number of carbonyl (C=O) groups excluding carboxylic acids is 1. The molecular weight excluding hydrogens is 481 g/mol. The van der Waals surface area contributed by atoms with Crippen molar-refractivity contribution in [1.29, 1.82) is 0 Å². The third kappa shape index (κ3) is 4.04. The fourth-order valence-electron chi connectivity index (χ4n) is 3.75. The normalized spacial score (nSPS) is 11.3. The number of carbonyl (C=O) groups is 1. The number of nitrogens with zero attached hydrogens (tertiary/aromatic N) is 3. The number of halogens is 3. The number of ketones is 1. The molecule has 2 heterocycles. The Balaban J connectivity index is 1.61. The molecule has 2 aromatic heterocycles. The molecule has 5 rings (SSSR count). The van der Waals surface area contributed by atoms with Gasteiger partial charge in [0, 0.05) is 21.0 Å². The molecule has 0 atom stereocenters. The van der Waals surface area contributed by atoms with E-state index < -0.39 is 5.78 Å². The second-order valence-corrected chi connectivity index (χ2v) is 8.82. The minimum absolute atomic E-state index is 0.124. The molecule has 0 saturated heterocycles. The predicted octanol–water partition coefficient (Wildman–Crippen LogP) is 7.24. The fraction of sp³-hybridized carbons (Fsp3) is 0.0800. The quantitative estimate of drug-likeness (QED) is 0.241. The molecule has 5 nitrogen and oxygen atoms in total. The standard InChI is InChI=1S/C25H16Cl3N3O2/c1-14-7-10-20-18(11-14)21(23(28)31(20)13-16-8-9-17(26)12-19(16)27)22(32)25-30-29-24(33-25)15-5-3-2-4-6-15/h2-12H,13H2,1H3. The van der Waals surface area contributed by atoms with E-state index in [2.05, 4.69) is 10.2 Å². The van der Waals surface area contributed by atoms with E-state index in [-0.39, 0.29) is 16.9 Å². The molecule has 8 heteroatoms. The maximum Gasteiger partial charge on any atom is 0.289 e. The highest BCUT2D eigenvalue weighted by molar-refractivity contribution is 6.37. The average molecular weight is 497 g/mol. The summed E-state index contributed by atoms with van der Waals surface area (Å²) in [6.45, 7) is 2.32. The Morgan fingerprint density at radius 3 is 2.52 bits per heavy atom. The molecule has 0 spiro atoms. The molecule has 0 N–H and O–H groups in total. The van der Waals surface area contributed by atoms with E-state index in [1.165, 1.54) is 0 Å². The summed E-state index contributed by atoms with van der Waals surface area (Å²) < 4.78 is 7.54. The van der Waals surface area contributed by atoms with Gasteiger partial charge in [0.2, 0.25) is 5.89 Å². The van der Waals surface area contributed by atoms with Crippen molar-refractivity contribution in [3.63, 3.8) is 0 Å². The molecule has 0 aliphatic rings. The van der Waals surface area contributed by atoms with Crippen LogP contribution in [-0.4, -0.2) is 20.5 Å². The Bertz CT molecular complexity index is 1510. The summed E-state index contributed by atoms with van der Waals surface area (Å²) in [6, 6.07) is 20.4. The minimum Gasteiger partial charge on any atom is -0.413 e. The van der Waals surface area contributed by atoms with Crippen molar-refractivity contribution in [2.45, 2.75) is 13.5 Å². The molecule has 0 saturated carbocycles. The molecule has 0 aliphatic carbocycles. The lowest BCUT2D eigenvalue weighted by atomic mass is 10.1. The maximum absolute atomic E-state index is 13.5. The van der Waals surface area contributed by atoms with Crippen LogP contribution in [0, 0.1) is 6.92 Å². The smallest absolute Gasteiger partial charge is 0.289 e. The first kappa shape index (κ1) is 21.7. The molecule has 0 aliphatic heterocycles. The van der Waals surface area contributed by atoms with Gasteiger partial charge in [-0.1, -0.05) is 70.7 Å². The summed E-state index contributed by atoms with van der Waals surface area (Å²) in [5.74, 6) is -0.296. The molecule has 0 radical (unpaired) electrons. The highest BCUT2D eigenvalue weighted by Crippen LogP contribution is 2.34. The third-order valence-corrected chi connectivity index (χ3v) is 6.35. The highest BCUT2D eigenvalue weighted by atomic mass is 35.5. The van der Waals surface area contributed by atoms with Gasteiger partial charge in [-0.3, -0.25) is 4.79 Å². The minimum atomic E-state index is -0.439. The van der Waals surface area contributed by atoms with E-state index >= 15 is 0 Å². The second kappa shape index (κ2) is 8.67. The van der Waals surface area contributed by atoms with E-state index in [0.717, 1.165) is 22.2 Å². The molecule has 0 bridgehead atoms. The second-order valence-electron chi connectivity index (χ2n) is 7.62. The molecule has 0 unspecified atom stereocenters. The van der Waals surface area contributed by atoms with E-state index in [9.17, 15) is 4.79 Å². The summed E-state index contributed by atoms with van der Waals surface area (Å²) in [7, 11) is 0. The van der Waals surface area contributed by atoms with Crippen molar-refractivity contribution in [2.24, 2.45) is 0 Å². The first-order valence-electron chi connectivity index (χ1n) is 10.1. The zero-order valence-electron chi connectivity index (χ0n) is 17.3. The van der Waals surface area contributed by atoms with E-state index in [1.807, 2.05) is 66.1 Å². The fourth-order valence-corrected chi connectivity index (χ4v) is 4.55. The Morgan fingerprint density at radius 2 is 1.76 bits per heavy atom. The molecule has 164 valence electrons. The van der Waals surface area contributed by atoms with Gasteiger partial charge in [0.15, 0.2) is 0 Å². The number of aromatic nitrogens is 3. The average Bonchev–Trinajstić information content (AvgIpc) is 3.39. The van der Waals surface area contributed by atoms with Crippen molar-refractivity contribution in [3.8, 4) is 11.5 Å². The summed E-state index contributed by atoms with van der Waals surface area (Å²) in [5.41, 5.74) is 3.64. The van der Waals surface area contributed by atoms with Crippen LogP contribution in [0.25, 0.3) is 22.4 Å². The SMILES string of the molecule is Cc1ccc2c(c1)c(C(=O)c1nnc(-c3ccccc3)o1)c(Cl)n2Cc1ccc(Cl)cc1Cl. The van der Waals surface area contributed by atoms with Crippen LogP contribution in [-0.2, 0) is 6.54 Å². The van der Waals surface area contributed by atoms with Crippen LogP contribution in [0.3, 0.4) is 0 Å². The molecule has 3 aromatic carbocycles. The van der Waals surface area contributed by atoms with E-state index in [4.69, 9.17) is 39.2 Å². The van der Waals surface area contributed by atoms with Crippen molar-refractivity contribution in [1.82, 2.24) is 14.8 Å². The summed E-state index contributed by atoms with van der Waals surface area (Å²) >= 11 is 19.2. The Hall–Kier alpha value is -3.12. The monoisotopic (exact) mass is 495 g/mol. The number of benzene rings is 3. The zero-order valence-corrected chi connectivity index (χ0v) is 19.6. The Morgan fingerprint density at radius 1 is 0.970 bits per heavy atom. The van der Waals surface area contributed by atoms with Gasteiger partial charge in [0.25, 0.3) is 11.7 Å². The lowest BCUT2D eigenvalue weighted by molar-refractivity contribution is 0.100. The van der Waals surface area contributed by atoms with Crippen molar-refractivity contribution in [2.75, 3.05) is 0 Å². The molecule has 0 fully saturated rings. The lowest BCUT2D eigenvalue weighted by Crippen LogP contribution is -2.04. The Kier molecular flexibility index (Phi) is 5.71. The highest BCUT2D eigenvalue weighted by Gasteiger charge is 2.27. The van der Waals surface area contributed by atoms with Crippen LogP contribution < -0.4 is 0 Å². The topological polar surface area (TPSA) is 60.9 Å². The van der Waals surface area contributed by atoms with Gasteiger partial charge < -0.3 is 8.98 Å². The van der Waals surface area contributed by atoms with Gasteiger partial charge >= 0.3 is 0 Å². The van der Waals surface area contributed by atoms with Crippen molar-refractivity contribution in [3.05, 3.63) is 105 Å². The first-order chi connectivity index (χ1) is 15.9. The van der Waals surface area contributed by atoms with Crippen LogP contribution in [0.5, 0.6) is 0 Å². The van der Waals surface area contributed by atoms with Crippen LogP contribution in [0.4, 0.5) is 0 Å². The Labute approximate surface area is 204 Å². The molecule has 0 amide bonds. The van der Waals surface area contributed by atoms with E-state index in [1.54, 1.807) is 12.1 Å². The summed E-state index contributed by atoms with van der Waals surface area (Å²) in [6.07, 6.45) is 0. The van der Waals surface area contributed by atoms with Gasteiger partial charge in [-0.2, -0.15) is 0 Å². The van der Waals surface area contributed by atoms with Crippen LogP contribution in [0.1, 0.15) is 27.4 Å². The van der Waals surface area contributed by atoms with Gasteiger partial charge in [0.05, 0.1) is 17.6 Å². The third-order valence-electron chi connectivity index (χ3n) is 5.37. The van der Waals surface area contributed by atoms with Gasteiger partial charge in [-0.15, -0.1) is 10.2 Å². The molecular formula is C25H16Cl3N3O2. The molecule has 33 heavy (non-hydrogen) atoms. The van der Waals surface area contributed by atoms with Gasteiger partial charge in [0.1, 0.15) is 5.15 Å². The van der Waals surface area contributed by atoms with Crippen LogP contribution in [0.15, 0.2) is 71.1 Å². The van der Waals surface area contributed by atoms with Crippen molar-refractivity contribution >= 4 is 51.5 Å². The number of fused-ring (bicyclic) bond motifs is 1. The maximum atomic E-state index is 13.5. The number of hydrogen-bond acceptors (Lipinski definition) is 4. The summed E-state index contributed by atoms with van der Waals surface area (Å²) in [5, 5.41) is 10.1. The number of rotatable bonds is 5. The first-order valence-corrected chi connectivity index (χ1v) is 11.2. The number of aryl methyl sites for hydroxylation is 1. The van der Waals surface area contributed by atoms with Crippen LogP contribution in [0.2, 0.25) is 15.2 Å². The van der Waals surface area contributed by atoms with Crippen LogP contribution >= 0.6 is 34.8 Å². The number of hydrogen-bond donors (Lipinski definition) is 0. The predicted molar refractivity (Wildman–Crippen MR) is 130 cm³/mol. The zero-order chi connectivity index (χ0) is 23.1. The van der Waals surface area contributed by atoms with E-state index in [0.29, 0.717) is 27.5 Å². The van der Waals surface area contributed by atoms with Crippen molar-refractivity contribution < 1.29 is 9.21 Å². The summed E-state index contributed by atoms with van der Waals surface area (Å²) in [4.78, 5) is 13.5. The largest absolute Gasteiger partial charge is 0.413 e.